The van der Waals surface area contributed by atoms with E-state index in [1.165, 1.54) is 18.2 Å². The molecule has 1 amide bonds. The quantitative estimate of drug-likeness (QED) is 0.519. The predicted octanol–water partition coefficient (Wildman–Crippen LogP) is 1.82. The first-order chi connectivity index (χ1) is 17.7. The molecule has 0 bridgehead atoms. The second kappa shape index (κ2) is 9.92. The summed E-state index contributed by atoms with van der Waals surface area (Å²) in [6.45, 7) is 2.61. The summed E-state index contributed by atoms with van der Waals surface area (Å²) in [6.07, 6.45) is -3.32. The summed E-state index contributed by atoms with van der Waals surface area (Å²) in [5, 5.41) is 7.27. The molecule has 0 radical (unpaired) electrons. The molecule has 1 atom stereocenters. The molecule has 5 rings (SSSR count). The minimum absolute atomic E-state index is 0.114. The second-order valence-corrected chi connectivity index (χ2v) is 8.85. The molecule has 2 aliphatic heterocycles. The van der Waals surface area contributed by atoms with Crippen LogP contribution in [0.5, 0.6) is 0 Å². The van der Waals surface area contributed by atoms with Gasteiger partial charge in [0.25, 0.3) is 5.56 Å². The van der Waals surface area contributed by atoms with E-state index < -0.39 is 29.2 Å². The molecule has 2 aliphatic rings. The van der Waals surface area contributed by atoms with Gasteiger partial charge in [0, 0.05) is 57.0 Å². The third-order valence-electron chi connectivity index (χ3n) is 6.45. The van der Waals surface area contributed by atoms with E-state index in [0.29, 0.717) is 62.5 Å². The highest BCUT2D eigenvalue weighted by Gasteiger charge is 2.32. The van der Waals surface area contributed by atoms with E-state index in [1.54, 1.807) is 9.80 Å². The number of hydrogen-bond donors (Lipinski definition) is 1. The van der Waals surface area contributed by atoms with Gasteiger partial charge in [0.15, 0.2) is 5.82 Å². The fourth-order valence-electron chi connectivity index (χ4n) is 4.51. The Balaban J connectivity index is 1.19. The Labute approximate surface area is 207 Å². The van der Waals surface area contributed by atoms with Crippen LogP contribution < -0.4 is 15.4 Å². The Morgan fingerprint density at radius 1 is 1.05 bits per heavy atom. The Bertz CT molecular complexity index is 1340. The molecular formula is C23H23F4N7O3. The lowest BCUT2D eigenvalue weighted by atomic mass is 10.1. The smallest absolute Gasteiger partial charge is 0.374 e. The van der Waals surface area contributed by atoms with Crippen LogP contribution in [0.1, 0.15) is 12.0 Å². The first-order valence-electron chi connectivity index (χ1n) is 11.7. The molecule has 3 aromatic rings. The number of morpholine rings is 1. The Morgan fingerprint density at radius 3 is 2.49 bits per heavy atom. The van der Waals surface area contributed by atoms with E-state index in [2.05, 4.69) is 20.2 Å². The normalized spacial score (nSPS) is 18.9. The maximum atomic E-state index is 13.9. The Kier molecular flexibility index (Phi) is 6.67. The molecule has 2 fully saturated rings. The molecular weight excluding hydrogens is 498 g/mol. The van der Waals surface area contributed by atoms with Gasteiger partial charge in [0.05, 0.1) is 30.1 Å². The van der Waals surface area contributed by atoms with Gasteiger partial charge in [-0.15, -0.1) is 0 Å². The SMILES string of the molecule is O=C(CC1CN(c2n[nH]c(=O)c3ccc(F)cc23)CCO1)N1CCN(c2ncc(C(F)(F)F)cn2)CC1. The molecule has 2 saturated heterocycles. The summed E-state index contributed by atoms with van der Waals surface area (Å²) in [4.78, 5) is 37.9. The van der Waals surface area contributed by atoms with Crippen molar-refractivity contribution < 1.29 is 27.1 Å². The number of aromatic nitrogens is 4. The first kappa shape index (κ1) is 24.9. The fraction of sp³-hybridized carbons (Fsp3) is 0.435. The maximum absolute atomic E-state index is 13.9. The largest absolute Gasteiger partial charge is 0.419 e. The van der Waals surface area contributed by atoms with Crippen LogP contribution in [0.2, 0.25) is 0 Å². The molecule has 14 heteroatoms. The van der Waals surface area contributed by atoms with Crippen LogP contribution in [-0.4, -0.2) is 83.0 Å². The summed E-state index contributed by atoms with van der Waals surface area (Å²) in [6, 6.07) is 3.89. The third kappa shape index (κ3) is 5.33. The molecule has 37 heavy (non-hydrogen) atoms. The fourth-order valence-corrected chi connectivity index (χ4v) is 4.51. The molecule has 1 aromatic carbocycles. The van der Waals surface area contributed by atoms with Crippen molar-refractivity contribution in [3.8, 4) is 0 Å². The van der Waals surface area contributed by atoms with Crippen molar-refractivity contribution >= 4 is 28.4 Å². The van der Waals surface area contributed by atoms with Gasteiger partial charge in [0.1, 0.15) is 5.82 Å². The van der Waals surface area contributed by atoms with Crippen LogP contribution >= 0.6 is 0 Å². The van der Waals surface area contributed by atoms with Gasteiger partial charge in [-0.2, -0.15) is 18.3 Å². The van der Waals surface area contributed by atoms with Crippen LogP contribution in [0.4, 0.5) is 29.3 Å². The van der Waals surface area contributed by atoms with E-state index in [-0.39, 0.29) is 18.3 Å². The number of halogens is 4. The van der Waals surface area contributed by atoms with Crippen LogP contribution in [0.25, 0.3) is 10.8 Å². The minimum Gasteiger partial charge on any atom is -0.374 e. The number of amides is 1. The molecule has 196 valence electrons. The number of carbonyl (C=O) groups is 1. The van der Waals surface area contributed by atoms with E-state index in [4.69, 9.17) is 4.74 Å². The number of anilines is 2. The van der Waals surface area contributed by atoms with Crippen molar-refractivity contribution in [3.63, 3.8) is 0 Å². The van der Waals surface area contributed by atoms with E-state index in [0.717, 1.165) is 12.4 Å². The number of hydrogen-bond acceptors (Lipinski definition) is 8. The van der Waals surface area contributed by atoms with Gasteiger partial charge >= 0.3 is 6.18 Å². The van der Waals surface area contributed by atoms with E-state index >= 15 is 0 Å². The minimum atomic E-state index is -4.50. The third-order valence-corrected chi connectivity index (χ3v) is 6.45. The maximum Gasteiger partial charge on any atom is 0.419 e. The van der Waals surface area contributed by atoms with Crippen molar-refractivity contribution in [2.45, 2.75) is 18.7 Å². The Hall–Kier alpha value is -3.81. The van der Waals surface area contributed by atoms with E-state index in [9.17, 15) is 27.2 Å². The number of rotatable bonds is 4. The number of aromatic amines is 1. The number of ether oxygens (including phenoxy) is 1. The van der Waals surface area contributed by atoms with E-state index in [1.807, 2.05) is 4.90 Å². The molecule has 4 heterocycles. The van der Waals surface area contributed by atoms with Crippen LogP contribution in [0.3, 0.4) is 0 Å². The standard InChI is InChI=1S/C23H23F4N7O3/c24-15-1-2-17-18(9-15)20(30-31-21(17)36)34-7-8-37-16(13-34)10-19(35)32-3-5-33(6-4-32)22-28-11-14(12-29-22)23(25,26)27/h1-2,9,11-12,16H,3-8,10,13H2,(H,31,36). The number of nitrogens with one attached hydrogen (secondary N) is 1. The number of nitrogens with zero attached hydrogens (tertiary/aromatic N) is 6. The highest BCUT2D eigenvalue weighted by Crippen LogP contribution is 2.29. The molecule has 1 N–H and O–H groups in total. The zero-order valence-corrected chi connectivity index (χ0v) is 19.5. The summed E-state index contributed by atoms with van der Waals surface area (Å²) in [5.41, 5.74) is -1.33. The number of alkyl halides is 3. The Morgan fingerprint density at radius 2 is 1.78 bits per heavy atom. The summed E-state index contributed by atoms with van der Waals surface area (Å²) < 4.78 is 57.9. The van der Waals surface area contributed by atoms with Gasteiger partial charge in [-0.3, -0.25) is 9.59 Å². The summed E-state index contributed by atoms with van der Waals surface area (Å²) >= 11 is 0. The average molecular weight is 521 g/mol. The number of H-pyrrole nitrogens is 1. The highest BCUT2D eigenvalue weighted by atomic mass is 19.4. The zero-order chi connectivity index (χ0) is 26.2. The van der Waals surface area contributed by atoms with Crippen molar-refractivity contribution in [1.29, 1.82) is 0 Å². The number of piperazine rings is 1. The van der Waals surface area contributed by atoms with Crippen LogP contribution in [0.15, 0.2) is 35.4 Å². The monoisotopic (exact) mass is 521 g/mol. The topological polar surface area (TPSA) is 108 Å². The first-order valence-corrected chi connectivity index (χ1v) is 11.7. The van der Waals surface area contributed by atoms with Gasteiger partial charge in [-0.25, -0.2) is 19.5 Å². The van der Waals surface area contributed by atoms with Crippen molar-refractivity contribution in [2.75, 3.05) is 55.7 Å². The lowest BCUT2D eigenvalue weighted by molar-refractivity contribution is -0.138. The van der Waals surface area contributed by atoms with Crippen molar-refractivity contribution in [2.24, 2.45) is 0 Å². The van der Waals surface area contributed by atoms with Crippen molar-refractivity contribution in [1.82, 2.24) is 25.1 Å². The van der Waals surface area contributed by atoms with Gasteiger partial charge in [-0.1, -0.05) is 0 Å². The molecule has 2 aromatic heterocycles. The molecule has 1 unspecified atom stereocenters. The lowest BCUT2D eigenvalue weighted by Gasteiger charge is -2.37. The van der Waals surface area contributed by atoms with Crippen molar-refractivity contribution in [3.05, 3.63) is 52.3 Å². The second-order valence-electron chi connectivity index (χ2n) is 8.85. The van der Waals surface area contributed by atoms with Gasteiger partial charge < -0.3 is 19.4 Å². The molecule has 0 aliphatic carbocycles. The lowest BCUT2D eigenvalue weighted by Crippen LogP contribution is -2.51. The average Bonchev–Trinajstić information content (AvgIpc) is 2.88. The van der Waals surface area contributed by atoms with Gasteiger partial charge in [-0.05, 0) is 18.2 Å². The zero-order valence-electron chi connectivity index (χ0n) is 19.5. The molecule has 0 spiro atoms. The number of carbonyl (C=O) groups excluding carboxylic acids is 1. The van der Waals surface area contributed by atoms with Crippen LogP contribution in [0, 0.1) is 5.82 Å². The molecule has 0 saturated carbocycles. The van der Waals surface area contributed by atoms with Gasteiger partial charge in [0.2, 0.25) is 11.9 Å². The summed E-state index contributed by atoms with van der Waals surface area (Å²) in [7, 11) is 0. The highest BCUT2D eigenvalue weighted by molar-refractivity contribution is 5.91. The predicted molar refractivity (Wildman–Crippen MR) is 125 cm³/mol. The van der Waals surface area contributed by atoms with Crippen LogP contribution in [-0.2, 0) is 15.7 Å². The molecule has 10 nitrogen and oxygen atoms in total. The number of benzene rings is 1. The summed E-state index contributed by atoms with van der Waals surface area (Å²) in [5.74, 6) is -0.00410. The number of fused-ring (bicyclic) bond motifs is 1.